The summed E-state index contributed by atoms with van der Waals surface area (Å²) >= 11 is 5.19. The number of para-hydroxylation sites is 1. The Morgan fingerprint density at radius 2 is 1.97 bits per heavy atom. The molecule has 0 saturated heterocycles. The van der Waals surface area contributed by atoms with Crippen LogP contribution < -0.4 is 10.3 Å². The predicted molar refractivity (Wildman–Crippen MR) is 150 cm³/mol. The summed E-state index contributed by atoms with van der Waals surface area (Å²) < 4.78 is 20.6. The van der Waals surface area contributed by atoms with Crippen molar-refractivity contribution in [1.82, 2.24) is 9.55 Å². The largest absolute Gasteiger partial charge is 0.496 e. The number of aryl methyl sites for hydroxylation is 1. The molecule has 37 heavy (non-hydrogen) atoms. The number of aromatic nitrogens is 2. The Balaban J connectivity index is 2.05. The van der Waals surface area contributed by atoms with Crippen molar-refractivity contribution >= 4 is 43.1 Å². The normalized spacial score (nSPS) is 12.9. The zero-order chi connectivity index (χ0) is 27.1. The summed E-state index contributed by atoms with van der Waals surface area (Å²) in [5, 5.41) is 0.550. The van der Waals surface area contributed by atoms with Crippen LogP contribution in [-0.2, 0) is 21.5 Å². The number of fused-ring (bicyclic) bond motifs is 1. The van der Waals surface area contributed by atoms with E-state index in [9.17, 15) is 9.59 Å². The highest BCUT2D eigenvalue weighted by Crippen LogP contribution is 2.43. The zero-order valence-electron chi connectivity index (χ0n) is 22.0. The van der Waals surface area contributed by atoms with Crippen LogP contribution in [0.4, 0.5) is 0 Å². The topological polar surface area (TPSA) is 83.6 Å². The van der Waals surface area contributed by atoms with Crippen molar-refractivity contribution in [3.8, 4) is 16.5 Å². The third-order valence-corrected chi connectivity index (χ3v) is 8.81. The number of thiophene rings is 1. The summed E-state index contributed by atoms with van der Waals surface area (Å²) in [6, 6.07) is 7.77. The van der Waals surface area contributed by atoms with Crippen molar-refractivity contribution in [2.45, 2.75) is 65.7 Å². The van der Waals surface area contributed by atoms with E-state index in [4.69, 9.17) is 13.9 Å². The molecule has 0 radical (unpaired) electrons. The summed E-state index contributed by atoms with van der Waals surface area (Å²) in [7, 11) is 1.64. The van der Waals surface area contributed by atoms with Gasteiger partial charge in [-0.3, -0.25) is 14.2 Å². The second-order valence-corrected chi connectivity index (χ2v) is 11.5. The lowest BCUT2D eigenvalue weighted by Gasteiger charge is -2.29. The molecule has 0 spiro atoms. The van der Waals surface area contributed by atoms with Gasteiger partial charge in [0.2, 0.25) is 5.89 Å². The van der Waals surface area contributed by atoms with Crippen LogP contribution in [0, 0.1) is 6.92 Å². The molecule has 0 saturated carbocycles. The molecule has 0 unspecified atom stereocenters. The van der Waals surface area contributed by atoms with Crippen molar-refractivity contribution in [2.24, 2.45) is 0 Å². The summed E-state index contributed by atoms with van der Waals surface area (Å²) in [4.78, 5) is 31.8. The van der Waals surface area contributed by atoms with Gasteiger partial charge >= 0.3 is 0 Å². The molecule has 9 heteroatoms. The van der Waals surface area contributed by atoms with E-state index in [0.29, 0.717) is 22.3 Å². The van der Waals surface area contributed by atoms with Crippen molar-refractivity contribution in [3.05, 3.63) is 68.4 Å². The smallest absolute Gasteiger partial charge is 0.261 e. The van der Waals surface area contributed by atoms with Crippen molar-refractivity contribution in [2.75, 3.05) is 7.11 Å². The molecule has 0 fully saturated rings. The van der Waals surface area contributed by atoms with Crippen LogP contribution in [0.25, 0.3) is 20.9 Å². The molecule has 3 heterocycles. The van der Waals surface area contributed by atoms with E-state index in [1.807, 2.05) is 45.0 Å². The Morgan fingerprint density at radius 3 is 2.57 bits per heavy atom. The van der Waals surface area contributed by atoms with Gasteiger partial charge in [-0.25, -0.2) is 4.98 Å². The number of halogens is 1. The first-order valence-electron chi connectivity index (χ1n) is 12.0. The van der Waals surface area contributed by atoms with Crippen LogP contribution in [0.15, 0.2) is 50.5 Å². The van der Waals surface area contributed by atoms with Crippen LogP contribution in [-0.4, -0.2) is 28.5 Å². The van der Waals surface area contributed by atoms with Crippen LogP contribution in [0.1, 0.15) is 57.4 Å². The number of methoxy groups -OCH3 is 1. The average molecular weight is 588 g/mol. The Bertz CT molecular complexity index is 1500. The number of ether oxygens (including phenoxy) is 2. The van der Waals surface area contributed by atoms with Gasteiger partial charge in [0.05, 0.1) is 40.4 Å². The van der Waals surface area contributed by atoms with Gasteiger partial charge in [-0.15, -0.1) is 11.3 Å². The molecular weight excluding hydrogens is 556 g/mol. The molecule has 7 nitrogen and oxygen atoms in total. The van der Waals surface area contributed by atoms with Crippen LogP contribution >= 0.6 is 27.3 Å². The van der Waals surface area contributed by atoms with Gasteiger partial charge in [-0.1, -0.05) is 18.2 Å². The minimum absolute atomic E-state index is 0.0586. The van der Waals surface area contributed by atoms with E-state index in [0.717, 1.165) is 32.0 Å². The average Bonchev–Trinajstić information content (AvgIpc) is 3.48. The lowest BCUT2D eigenvalue weighted by Crippen LogP contribution is -2.42. The minimum atomic E-state index is -1.07. The van der Waals surface area contributed by atoms with Gasteiger partial charge < -0.3 is 13.9 Å². The van der Waals surface area contributed by atoms with Crippen LogP contribution in [0.3, 0.4) is 0 Å². The van der Waals surface area contributed by atoms with Gasteiger partial charge in [0.1, 0.15) is 17.6 Å². The summed E-state index contributed by atoms with van der Waals surface area (Å²) in [6.07, 6.45) is 3.11. The summed E-state index contributed by atoms with van der Waals surface area (Å²) in [6.45, 7) is 10.9. The van der Waals surface area contributed by atoms with Gasteiger partial charge in [0.25, 0.3) is 5.56 Å². The maximum Gasteiger partial charge on any atom is 0.261 e. The number of ketones is 1. The molecule has 3 aromatic heterocycles. The number of oxazole rings is 1. The van der Waals surface area contributed by atoms with E-state index in [2.05, 4.69) is 20.9 Å². The number of nitrogens with zero attached hydrogens (tertiary/aromatic N) is 2. The van der Waals surface area contributed by atoms with Gasteiger partial charge in [-0.2, -0.15) is 0 Å². The molecule has 0 aliphatic rings. The van der Waals surface area contributed by atoms with Crippen LogP contribution in [0.5, 0.6) is 5.75 Å². The Hall–Kier alpha value is -2.75. The zero-order valence-corrected chi connectivity index (χ0v) is 24.5. The molecular formula is C28H31BrN2O5S. The van der Waals surface area contributed by atoms with E-state index >= 15 is 0 Å². The lowest BCUT2D eigenvalue weighted by molar-refractivity contribution is -0.124. The monoisotopic (exact) mass is 586 g/mol. The number of benzene rings is 1. The molecule has 4 rings (SSSR count). The van der Waals surface area contributed by atoms with E-state index < -0.39 is 5.54 Å². The molecule has 4 aromatic rings. The Morgan fingerprint density at radius 1 is 1.27 bits per heavy atom. The predicted octanol–water partition coefficient (Wildman–Crippen LogP) is 6.83. The second-order valence-electron chi connectivity index (χ2n) is 9.74. The van der Waals surface area contributed by atoms with Gasteiger partial charge in [0.15, 0.2) is 5.78 Å². The molecule has 0 amide bonds. The molecule has 0 aliphatic carbocycles. The number of hydrogen-bond acceptors (Lipinski definition) is 7. The first-order chi connectivity index (χ1) is 17.5. The fraction of sp³-hybridized carbons (Fsp3) is 0.393. The first-order valence-corrected chi connectivity index (χ1v) is 13.7. The molecule has 196 valence electrons. The quantitative estimate of drug-likeness (QED) is 0.200. The Kier molecular flexibility index (Phi) is 7.78. The number of pyridine rings is 1. The van der Waals surface area contributed by atoms with E-state index in [1.54, 1.807) is 31.7 Å². The van der Waals surface area contributed by atoms with E-state index in [1.165, 1.54) is 24.5 Å². The Labute approximate surface area is 228 Å². The molecule has 0 bridgehead atoms. The molecule has 1 atom stereocenters. The summed E-state index contributed by atoms with van der Waals surface area (Å²) in [5.41, 5.74) is 1.23. The maximum absolute atomic E-state index is 14.0. The van der Waals surface area contributed by atoms with Crippen molar-refractivity contribution in [3.63, 3.8) is 0 Å². The van der Waals surface area contributed by atoms with Gasteiger partial charge in [0, 0.05) is 22.2 Å². The standard InChI is InChI=1S/C28H31BrN2O5S/c1-15(2)36-21(18-10-8-9-11-20(18)34-7)14-19-24-22(16(3)23(37-24)26-30-12-13-35-26)27(33)31(25(19)29)28(5,6)17(4)32/h8-13,15,21H,14H2,1-7H3/t21-/m0/s1. The minimum Gasteiger partial charge on any atom is -0.496 e. The lowest BCUT2D eigenvalue weighted by atomic mass is 9.96. The number of carbonyl (C=O) groups is 1. The summed E-state index contributed by atoms with van der Waals surface area (Å²) in [5.74, 6) is 1.05. The fourth-order valence-electron chi connectivity index (χ4n) is 4.46. The fourth-order valence-corrected chi connectivity index (χ4v) is 6.85. The van der Waals surface area contributed by atoms with Crippen molar-refractivity contribution in [1.29, 1.82) is 0 Å². The second kappa shape index (κ2) is 10.6. The third-order valence-electron chi connectivity index (χ3n) is 6.64. The highest BCUT2D eigenvalue weighted by Gasteiger charge is 2.34. The van der Waals surface area contributed by atoms with Crippen molar-refractivity contribution < 1.29 is 18.7 Å². The van der Waals surface area contributed by atoms with E-state index in [-0.39, 0.29) is 23.6 Å². The SMILES string of the molecule is COc1ccccc1[C@H](Cc1c(Br)n(C(C)(C)C(C)=O)c(=O)c2c(C)c(-c3ncco3)sc12)OC(C)C. The highest BCUT2D eigenvalue weighted by molar-refractivity contribution is 9.10. The molecule has 0 aliphatic heterocycles. The number of rotatable bonds is 9. The highest BCUT2D eigenvalue weighted by atomic mass is 79.9. The third kappa shape index (κ3) is 4.92. The number of carbonyl (C=O) groups excluding carboxylic acids is 1. The van der Waals surface area contributed by atoms with Gasteiger partial charge in [-0.05, 0) is 69.1 Å². The molecule has 0 N–H and O–H groups in total. The van der Waals surface area contributed by atoms with Crippen LogP contribution in [0.2, 0.25) is 0 Å². The first kappa shape index (κ1) is 27.3. The number of hydrogen-bond donors (Lipinski definition) is 0. The number of Topliss-reactive ketones (excluding diaryl/α,β-unsaturated/α-hetero) is 1. The maximum atomic E-state index is 14.0. The molecule has 1 aromatic carbocycles.